The number of imide groups is 1. The van der Waals surface area contributed by atoms with Gasteiger partial charge in [-0.1, -0.05) is 12.1 Å². The van der Waals surface area contributed by atoms with E-state index in [-0.39, 0.29) is 17.7 Å². The monoisotopic (exact) mass is 381 g/mol. The van der Waals surface area contributed by atoms with Gasteiger partial charge in [-0.3, -0.25) is 19.3 Å². The van der Waals surface area contributed by atoms with Gasteiger partial charge in [0.05, 0.1) is 21.7 Å². The Morgan fingerprint density at radius 3 is 2.26 bits per heavy atom. The summed E-state index contributed by atoms with van der Waals surface area (Å²) in [4.78, 5) is 44.5. The third-order valence-corrected chi connectivity index (χ3v) is 5.74. The number of thioether (sulfide) groups is 1. The summed E-state index contributed by atoms with van der Waals surface area (Å²) < 4.78 is 0. The van der Waals surface area contributed by atoms with Crippen LogP contribution in [0, 0.1) is 0 Å². The maximum absolute atomic E-state index is 12.3. The number of nitrogens with zero attached hydrogens (tertiary/aromatic N) is 3. The first-order valence-corrected chi connectivity index (χ1v) is 9.97. The highest BCUT2D eigenvalue weighted by Gasteiger charge is 2.34. The van der Waals surface area contributed by atoms with Crippen molar-refractivity contribution in [2.45, 2.75) is 17.9 Å². The SMILES string of the molecule is O=C(c1ccc(SCCN2C(=O)c3ccccc3C2=O)nc1)N1CCCC1. The first-order chi connectivity index (χ1) is 13.1. The average molecular weight is 381 g/mol. The summed E-state index contributed by atoms with van der Waals surface area (Å²) in [6.45, 7) is 1.96. The van der Waals surface area contributed by atoms with Crippen LogP contribution >= 0.6 is 11.8 Å². The summed E-state index contributed by atoms with van der Waals surface area (Å²) >= 11 is 1.46. The zero-order chi connectivity index (χ0) is 18.8. The van der Waals surface area contributed by atoms with Crippen molar-refractivity contribution in [2.75, 3.05) is 25.4 Å². The number of pyridine rings is 1. The smallest absolute Gasteiger partial charge is 0.261 e. The average Bonchev–Trinajstić information content (AvgIpc) is 3.32. The molecule has 0 saturated carbocycles. The first-order valence-electron chi connectivity index (χ1n) is 8.98. The molecule has 3 amide bonds. The molecule has 6 nitrogen and oxygen atoms in total. The van der Waals surface area contributed by atoms with Crippen LogP contribution in [0.2, 0.25) is 0 Å². The molecule has 1 saturated heterocycles. The van der Waals surface area contributed by atoms with Crippen LogP contribution in [0.25, 0.3) is 0 Å². The molecule has 0 radical (unpaired) electrons. The van der Waals surface area contributed by atoms with E-state index >= 15 is 0 Å². The third kappa shape index (κ3) is 3.47. The van der Waals surface area contributed by atoms with Gasteiger partial charge in [-0.15, -0.1) is 11.8 Å². The topological polar surface area (TPSA) is 70.6 Å². The van der Waals surface area contributed by atoms with Crippen LogP contribution < -0.4 is 0 Å². The lowest BCUT2D eigenvalue weighted by molar-refractivity contribution is 0.0663. The molecule has 1 fully saturated rings. The number of rotatable bonds is 5. The molecule has 4 rings (SSSR count). The van der Waals surface area contributed by atoms with E-state index in [9.17, 15) is 14.4 Å². The number of carbonyl (C=O) groups is 3. The number of benzene rings is 1. The summed E-state index contributed by atoms with van der Waals surface area (Å²) in [5.41, 5.74) is 1.53. The van der Waals surface area contributed by atoms with Crippen molar-refractivity contribution >= 4 is 29.5 Å². The Kier molecular flexibility index (Phi) is 4.94. The molecule has 0 unspecified atom stereocenters. The van der Waals surface area contributed by atoms with E-state index < -0.39 is 0 Å². The van der Waals surface area contributed by atoms with E-state index in [2.05, 4.69) is 4.98 Å². The van der Waals surface area contributed by atoms with Gasteiger partial charge in [0, 0.05) is 31.6 Å². The molecule has 138 valence electrons. The number of fused-ring (bicyclic) bond motifs is 1. The summed E-state index contributed by atoms with van der Waals surface area (Å²) in [5, 5.41) is 0.768. The summed E-state index contributed by atoms with van der Waals surface area (Å²) in [6, 6.07) is 10.5. The summed E-state index contributed by atoms with van der Waals surface area (Å²) in [7, 11) is 0. The zero-order valence-electron chi connectivity index (χ0n) is 14.8. The fourth-order valence-electron chi connectivity index (χ4n) is 3.38. The van der Waals surface area contributed by atoms with Crippen molar-refractivity contribution in [3.05, 3.63) is 59.3 Å². The predicted molar refractivity (Wildman–Crippen MR) is 102 cm³/mol. The first kappa shape index (κ1) is 17.7. The zero-order valence-corrected chi connectivity index (χ0v) is 15.6. The van der Waals surface area contributed by atoms with Crippen LogP contribution in [-0.4, -0.2) is 57.9 Å². The number of hydrogen-bond acceptors (Lipinski definition) is 5. The Morgan fingerprint density at radius 1 is 1.00 bits per heavy atom. The van der Waals surface area contributed by atoms with E-state index in [0.717, 1.165) is 31.0 Å². The molecule has 0 N–H and O–H groups in total. The second-order valence-electron chi connectivity index (χ2n) is 6.54. The van der Waals surface area contributed by atoms with Gasteiger partial charge in [0.1, 0.15) is 0 Å². The molecule has 3 heterocycles. The predicted octanol–water partition coefficient (Wildman–Crippen LogP) is 2.71. The summed E-state index contributed by atoms with van der Waals surface area (Å²) in [6.07, 6.45) is 3.72. The van der Waals surface area contributed by atoms with Crippen molar-refractivity contribution in [3.63, 3.8) is 0 Å². The molecular weight excluding hydrogens is 362 g/mol. The van der Waals surface area contributed by atoms with Crippen LogP contribution in [0.3, 0.4) is 0 Å². The molecule has 0 spiro atoms. The third-order valence-electron chi connectivity index (χ3n) is 4.82. The normalized spacial score (nSPS) is 16.1. The number of likely N-dealkylation sites (tertiary alicyclic amines) is 1. The van der Waals surface area contributed by atoms with Crippen LogP contribution in [0.4, 0.5) is 0 Å². The Labute approximate surface area is 161 Å². The van der Waals surface area contributed by atoms with Gasteiger partial charge in [-0.25, -0.2) is 4.98 Å². The molecular formula is C20H19N3O3S. The minimum Gasteiger partial charge on any atom is -0.339 e. The lowest BCUT2D eigenvalue weighted by Crippen LogP contribution is -2.31. The molecule has 2 aliphatic rings. The van der Waals surface area contributed by atoms with Gasteiger partial charge in [0.15, 0.2) is 0 Å². The Balaban J connectivity index is 1.33. The van der Waals surface area contributed by atoms with Gasteiger partial charge in [-0.05, 0) is 37.1 Å². The Hall–Kier alpha value is -2.67. The van der Waals surface area contributed by atoms with E-state index in [1.54, 1.807) is 36.5 Å². The molecule has 1 aromatic carbocycles. The second-order valence-corrected chi connectivity index (χ2v) is 7.66. The lowest BCUT2D eigenvalue weighted by atomic mass is 10.1. The van der Waals surface area contributed by atoms with Crippen LogP contribution in [0.5, 0.6) is 0 Å². The van der Waals surface area contributed by atoms with Gasteiger partial charge < -0.3 is 4.90 Å². The second kappa shape index (κ2) is 7.52. The van der Waals surface area contributed by atoms with Crippen molar-refractivity contribution < 1.29 is 14.4 Å². The van der Waals surface area contributed by atoms with Crippen molar-refractivity contribution in [1.29, 1.82) is 0 Å². The standard InChI is InChI=1S/C20H19N3O3S/c24-18(22-9-3-4-10-22)14-7-8-17(21-13-14)27-12-11-23-19(25)15-5-1-2-6-16(15)20(23)26/h1-2,5-8,13H,3-4,9-12H2. The molecule has 0 aliphatic carbocycles. The van der Waals surface area contributed by atoms with Gasteiger partial charge in [-0.2, -0.15) is 0 Å². The molecule has 2 aromatic rings. The van der Waals surface area contributed by atoms with Gasteiger partial charge in [0.2, 0.25) is 0 Å². The molecule has 7 heteroatoms. The van der Waals surface area contributed by atoms with Crippen molar-refractivity contribution in [3.8, 4) is 0 Å². The maximum Gasteiger partial charge on any atom is 0.261 e. The number of aromatic nitrogens is 1. The number of carbonyl (C=O) groups excluding carboxylic acids is 3. The maximum atomic E-state index is 12.3. The molecule has 0 bridgehead atoms. The van der Waals surface area contributed by atoms with Crippen LogP contribution in [-0.2, 0) is 0 Å². The Bertz CT molecular complexity index is 857. The fraction of sp³-hybridized carbons (Fsp3) is 0.300. The summed E-state index contributed by atoms with van der Waals surface area (Å²) in [5.74, 6) is 0.103. The number of amides is 3. The van der Waals surface area contributed by atoms with Crippen molar-refractivity contribution in [2.24, 2.45) is 0 Å². The van der Waals surface area contributed by atoms with Crippen LogP contribution in [0.15, 0.2) is 47.6 Å². The van der Waals surface area contributed by atoms with Gasteiger partial charge in [0.25, 0.3) is 17.7 Å². The van der Waals surface area contributed by atoms with Crippen LogP contribution in [0.1, 0.15) is 43.9 Å². The highest BCUT2D eigenvalue weighted by molar-refractivity contribution is 7.99. The minimum atomic E-state index is -0.240. The van der Waals surface area contributed by atoms with E-state index in [4.69, 9.17) is 0 Å². The highest BCUT2D eigenvalue weighted by atomic mass is 32.2. The quantitative estimate of drug-likeness (QED) is 0.588. The lowest BCUT2D eigenvalue weighted by Gasteiger charge is -2.15. The van der Waals surface area contributed by atoms with Gasteiger partial charge >= 0.3 is 0 Å². The fourth-order valence-corrected chi connectivity index (χ4v) is 4.15. The Morgan fingerprint density at radius 2 is 1.67 bits per heavy atom. The highest BCUT2D eigenvalue weighted by Crippen LogP contribution is 2.24. The van der Waals surface area contributed by atoms with Crippen molar-refractivity contribution in [1.82, 2.24) is 14.8 Å². The molecule has 1 aromatic heterocycles. The van der Waals surface area contributed by atoms with E-state index in [1.165, 1.54) is 16.7 Å². The largest absolute Gasteiger partial charge is 0.339 e. The minimum absolute atomic E-state index is 0.0302. The van der Waals surface area contributed by atoms with E-state index in [0.29, 0.717) is 29.0 Å². The molecule has 27 heavy (non-hydrogen) atoms. The number of hydrogen-bond donors (Lipinski definition) is 0. The molecule has 2 aliphatic heterocycles. The molecule has 0 atom stereocenters. The van der Waals surface area contributed by atoms with E-state index in [1.807, 2.05) is 11.0 Å².